The molecule has 0 aromatic heterocycles. The Hall–Kier alpha value is -0.580. The monoisotopic (exact) mass is 296 g/mol. The Morgan fingerprint density at radius 3 is 2.90 bits per heavy atom. The van der Waals surface area contributed by atoms with Gasteiger partial charge in [0.05, 0.1) is 0 Å². The molecule has 2 unspecified atom stereocenters. The van der Waals surface area contributed by atoms with Gasteiger partial charge in [-0.05, 0) is 37.4 Å². The Labute approximate surface area is 125 Å². The molecule has 1 fully saturated rings. The summed E-state index contributed by atoms with van der Waals surface area (Å²) in [6.45, 7) is 5.14. The summed E-state index contributed by atoms with van der Waals surface area (Å²) in [5, 5.41) is 0. The molecule has 4 heteroatoms. The van der Waals surface area contributed by atoms with Crippen LogP contribution in [-0.2, 0) is 0 Å². The van der Waals surface area contributed by atoms with E-state index in [1.165, 1.54) is 25.3 Å². The normalized spacial score (nSPS) is 23.9. The van der Waals surface area contributed by atoms with Gasteiger partial charge >= 0.3 is 0 Å². The maximum absolute atomic E-state index is 13.5. The van der Waals surface area contributed by atoms with Gasteiger partial charge < -0.3 is 5.73 Å². The van der Waals surface area contributed by atoms with Gasteiger partial charge in [-0.25, -0.2) is 4.39 Å². The minimum absolute atomic E-state index is 0.113. The van der Waals surface area contributed by atoms with Crippen LogP contribution in [0.3, 0.4) is 0 Å². The highest BCUT2D eigenvalue weighted by atomic mass is 32.2. The third-order valence-corrected chi connectivity index (χ3v) is 5.30. The quantitative estimate of drug-likeness (QED) is 0.816. The van der Waals surface area contributed by atoms with Crippen molar-refractivity contribution in [3.63, 3.8) is 0 Å². The molecule has 112 valence electrons. The second-order valence-corrected chi connectivity index (χ2v) is 6.64. The van der Waals surface area contributed by atoms with Crippen LogP contribution in [0.2, 0.25) is 0 Å². The summed E-state index contributed by atoms with van der Waals surface area (Å²) in [6, 6.07) is 7.51. The molecule has 20 heavy (non-hydrogen) atoms. The number of likely N-dealkylation sites (tertiary alicyclic amines) is 1. The molecule has 1 saturated heterocycles. The Bertz CT molecular complexity index is 413. The second-order valence-electron chi connectivity index (χ2n) is 5.50. The van der Waals surface area contributed by atoms with Crippen molar-refractivity contribution < 1.29 is 4.39 Å². The van der Waals surface area contributed by atoms with E-state index in [0.717, 1.165) is 36.2 Å². The highest BCUT2D eigenvalue weighted by Crippen LogP contribution is 2.26. The summed E-state index contributed by atoms with van der Waals surface area (Å²) in [6.07, 6.45) is 3.75. The molecule has 0 radical (unpaired) electrons. The van der Waals surface area contributed by atoms with E-state index in [9.17, 15) is 4.39 Å². The molecule has 0 spiro atoms. The van der Waals surface area contributed by atoms with Crippen molar-refractivity contribution in [1.82, 2.24) is 4.90 Å². The van der Waals surface area contributed by atoms with Crippen molar-refractivity contribution in [2.75, 3.05) is 25.4 Å². The predicted octanol–water partition coefficient (Wildman–Crippen LogP) is 3.37. The molecule has 2 atom stereocenters. The van der Waals surface area contributed by atoms with Gasteiger partial charge in [-0.1, -0.05) is 25.5 Å². The van der Waals surface area contributed by atoms with Gasteiger partial charge in [-0.15, -0.1) is 11.8 Å². The van der Waals surface area contributed by atoms with Crippen LogP contribution in [0.1, 0.15) is 26.2 Å². The first-order chi connectivity index (χ1) is 9.74. The number of nitrogens with zero attached hydrogens (tertiary/aromatic N) is 1. The first-order valence-corrected chi connectivity index (χ1v) is 8.54. The van der Waals surface area contributed by atoms with Crippen molar-refractivity contribution >= 4 is 11.8 Å². The van der Waals surface area contributed by atoms with Crippen LogP contribution in [0, 0.1) is 11.7 Å². The minimum atomic E-state index is -0.113. The average molecular weight is 296 g/mol. The van der Waals surface area contributed by atoms with Gasteiger partial charge in [0, 0.05) is 29.8 Å². The third-order valence-electron chi connectivity index (χ3n) is 4.27. The van der Waals surface area contributed by atoms with Crippen molar-refractivity contribution in [3.05, 3.63) is 30.1 Å². The van der Waals surface area contributed by atoms with Crippen molar-refractivity contribution in [3.8, 4) is 0 Å². The zero-order chi connectivity index (χ0) is 14.4. The van der Waals surface area contributed by atoms with Crippen LogP contribution in [0.15, 0.2) is 29.2 Å². The van der Waals surface area contributed by atoms with Crippen molar-refractivity contribution in [2.24, 2.45) is 11.7 Å². The smallest absolute Gasteiger partial charge is 0.136 e. The molecule has 1 aliphatic heterocycles. The molecule has 0 amide bonds. The van der Waals surface area contributed by atoms with E-state index in [1.807, 2.05) is 12.1 Å². The number of rotatable bonds is 6. The topological polar surface area (TPSA) is 29.3 Å². The standard InChI is InChI=1S/C16H25FN2S/c1-2-13-7-8-19(14(11-13)12-18)9-10-20-16-6-4-3-5-15(16)17/h3-6,13-14H,2,7-12,18H2,1H3. The zero-order valence-corrected chi connectivity index (χ0v) is 13.0. The summed E-state index contributed by atoms with van der Waals surface area (Å²) < 4.78 is 13.5. The third kappa shape index (κ3) is 4.21. The molecule has 0 saturated carbocycles. The maximum Gasteiger partial charge on any atom is 0.136 e. The van der Waals surface area contributed by atoms with E-state index in [2.05, 4.69) is 11.8 Å². The fourth-order valence-corrected chi connectivity index (χ4v) is 3.85. The number of piperidine rings is 1. The first kappa shape index (κ1) is 15.8. The lowest BCUT2D eigenvalue weighted by Gasteiger charge is -2.38. The molecule has 1 heterocycles. The summed E-state index contributed by atoms with van der Waals surface area (Å²) in [5.74, 6) is 1.64. The van der Waals surface area contributed by atoms with E-state index in [-0.39, 0.29) is 5.82 Å². The van der Waals surface area contributed by atoms with Gasteiger partial charge in [-0.2, -0.15) is 0 Å². The van der Waals surface area contributed by atoms with Crippen molar-refractivity contribution in [2.45, 2.75) is 37.1 Å². The molecule has 1 aromatic carbocycles. The van der Waals surface area contributed by atoms with E-state index in [1.54, 1.807) is 17.8 Å². The lowest BCUT2D eigenvalue weighted by molar-refractivity contribution is 0.122. The Kier molecular flexibility index (Phi) is 6.33. The first-order valence-electron chi connectivity index (χ1n) is 7.56. The van der Waals surface area contributed by atoms with E-state index >= 15 is 0 Å². The Morgan fingerprint density at radius 2 is 2.20 bits per heavy atom. The van der Waals surface area contributed by atoms with E-state index in [4.69, 9.17) is 5.73 Å². The van der Waals surface area contributed by atoms with Crippen LogP contribution in [0.25, 0.3) is 0 Å². The molecule has 2 N–H and O–H groups in total. The maximum atomic E-state index is 13.5. The molecule has 0 aliphatic carbocycles. The van der Waals surface area contributed by atoms with Gasteiger partial charge in [0.15, 0.2) is 0 Å². The Balaban J connectivity index is 1.80. The summed E-state index contributed by atoms with van der Waals surface area (Å²) in [4.78, 5) is 3.24. The Morgan fingerprint density at radius 1 is 1.40 bits per heavy atom. The molecule has 2 rings (SSSR count). The SMILES string of the molecule is CCC1CCN(CCSc2ccccc2F)C(CN)C1. The lowest BCUT2D eigenvalue weighted by atomic mass is 9.89. The highest BCUT2D eigenvalue weighted by Gasteiger charge is 2.26. The average Bonchev–Trinajstić information content (AvgIpc) is 2.49. The molecule has 2 nitrogen and oxygen atoms in total. The van der Waals surface area contributed by atoms with Gasteiger partial charge in [0.25, 0.3) is 0 Å². The van der Waals surface area contributed by atoms with Crippen LogP contribution >= 0.6 is 11.8 Å². The molecular formula is C16H25FN2S. The predicted molar refractivity (Wildman–Crippen MR) is 84.6 cm³/mol. The van der Waals surface area contributed by atoms with Crippen LogP contribution < -0.4 is 5.73 Å². The fraction of sp³-hybridized carbons (Fsp3) is 0.625. The number of halogens is 1. The van der Waals surface area contributed by atoms with Gasteiger partial charge in [0.1, 0.15) is 5.82 Å². The van der Waals surface area contributed by atoms with E-state index in [0.29, 0.717) is 6.04 Å². The minimum Gasteiger partial charge on any atom is -0.329 e. The largest absolute Gasteiger partial charge is 0.329 e. The number of benzene rings is 1. The molecular weight excluding hydrogens is 271 g/mol. The fourth-order valence-electron chi connectivity index (χ4n) is 2.93. The van der Waals surface area contributed by atoms with Crippen LogP contribution in [-0.4, -0.2) is 36.3 Å². The zero-order valence-electron chi connectivity index (χ0n) is 12.2. The molecule has 1 aliphatic rings. The second kappa shape index (κ2) is 8.01. The van der Waals surface area contributed by atoms with Gasteiger partial charge in [-0.3, -0.25) is 4.90 Å². The summed E-state index contributed by atoms with van der Waals surface area (Å²) in [7, 11) is 0. The van der Waals surface area contributed by atoms with Crippen LogP contribution in [0.4, 0.5) is 4.39 Å². The molecule has 0 bridgehead atoms. The van der Waals surface area contributed by atoms with Crippen LogP contribution in [0.5, 0.6) is 0 Å². The number of nitrogens with two attached hydrogens (primary N) is 1. The van der Waals surface area contributed by atoms with Gasteiger partial charge in [0.2, 0.25) is 0 Å². The van der Waals surface area contributed by atoms with Crippen molar-refractivity contribution in [1.29, 1.82) is 0 Å². The van der Waals surface area contributed by atoms with E-state index < -0.39 is 0 Å². The lowest BCUT2D eigenvalue weighted by Crippen LogP contribution is -2.47. The number of hydrogen-bond donors (Lipinski definition) is 1. The summed E-state index contributed by atoms with van der Waals surface area (Å²) in [5.41, 5.74) is 5.91. The number of thioether (sulfide) groups is 1. The summed E-state index contributed by atoms with van der Waals surface area (Å²) >= 11 is 1.60. The highest BCUT2D eigenvalue weighted by molar-refractivity contribution is 7.99. The number of hydrogen-bond acceptors (Lipinski definition) is 3. The molecule has 1 aromatic rings.